The van der Waals surface area contributed by atoms with Gasteiger partial charge >= 0.3 is 0 Å². The summed E-state index contributed by atoms with van der Waals surface area (Å²) in [6.45, 7) is 0.361. The minimum Gasteiger partial charge on any atom is -0.349 e. The van der Waals surface area contributed by atoms with Crippen LogP contribution in [0.1, 0.15) is 5.69 Å². The second kappa shape index (κ2) is 6.73. The number of aromatic nitrogens is 5. The van der Waals surface area contributed by atoms with E-state index in [2.05, 4.69) is 25.4 Å². The molecule has 0 aliphatic rings. The van der Waals surface area contributed by atoms with Crippen molar-refractivity contribution in [2.45, 2.75) is 13.1 Å². The maximum absolute atomic E-state index is 13.0. The topological polar surface area (TPSA) is 85.6 Å². The summed E-state index contributed by atoms with van der Waals surface area (Å²) in [5.74, 6) is -0.499. The lowest BCUT2D eigenvalue weighted by Gasteiger charge is -2.06. The zero-order valence-corrected chi connectivity index (χ0v) is 12.1. The van der Waals surface area contributed by atoms with Gasteiger partial charge in [0.1, 0.15) is 31.3 Å². The normalized spacial score (nSPS) is 10.5. The van der Waals surface area contributed by atoms with Crippen molar-refractivity contribution in [3.05, 3.63) is 60.8 Å². The Balaban J connectivity index is 1.63. The molecule has 7 nitrogen and oxygen atoms in total. The lowest BCUT2D eigenvalue weighted by molar-refractivity contribution is -0.122. The van der Waals surface area contributed by atoms with Crippen LogP contribution in [0.25, 0.3) is 11.3 Å². The standard InChI is InChI=1S/C15H13FN6O/c16-12-3-1-11(2-4-12)14-5-13(19-9-20-14)6-18-15(23)7-22-10-17-8-21-22/h1-5,8-10H,6-7H2,(H,18,23). The number of carbonyl (C=O) groups excluding carboxylic acids is 1. The molecule has 0 bridgehead atoms. The fourth-order valence-corrected chi connectivity index (χ4v) is 1.98. The van der Waals surface area contributed by atoms with E-state index >= 15 is 0 Å². The van der Waals surface area contributed by atoms with Crippen LogP contribution in [0.2, 0.25) is 0 Å². The van der Waals surface area contributed by atoms with Gasteiger partial charge in [0.05, 0.1) is 17.9 Å². The first-order valence-electron chi connectivity index (χ1n) is 6.87. The smallest absolute Gasteiger partial charge is 0.242 e. The van der Waals surface area contributed by atoms with Crippen molar-refractivity contribution in [1.29, 1.82) is 0 Å². The minimum atomic E-state index is -0.302. The van der Waals surface area contributed by atoms with Gasteiger partial charge in [0.15, 0.2) is 0 Å². The van der Waals surface area contributed by atoms with Crippen LogP contribution < -0.4 is 5.32 Å². The molecule has 23 heavy (non-hydrogen) atoms. The molecule has 3 aromatic rings. The van der Waals surface area contributed by atoms with Gasteiger partial charge in [-0.2, -0.15) is 5.10 Å². The van der Waals surface area contributed by atoms with Gasteiger partial charge < -0.3 is 5.32 Å². The third-order valence-corrected chi connectivity index (χ3v) is 3.10. The number of rotatable bonds is 5. The number of hydrogen-bond acceptors (Lipinski definition) is 5. The molecule has 3 rings (SSSR count). The quantitative estimate of drug-likeness (QED) is 0.765. The Labute approximate surface area is 131 Å². The molecular formula is C15H13FN6O. The maximum Gasteiger partial charge on any atom is 0.242 e. The Kier molecular flexibility index (Phi) is 4.32. The maximum atomic E-state index is 13.0. The van der Waals surface area contributed by atoms with Gasteiger partial charge in [-0.05, 0) is 30.3 Å². The highest BCUT2D eigenvalue weighted by Gasteiger charge is 2.06. The van der Waals surface area contributed by atoms with E-state index in [1.807, 2.05) is 0 Å². The first kappa shape index (κ1) is 14.8. The van der Waals surface area contributed by atoms with Crippen molar-refractivity contribution >= 4 is 5.91 Å². The van der Waals surface area contributed by atoms with Crippen molar-refractivity contribution in [3.8, 4) is 11.3 Å². The van der Waals surface area contributed by atoms with Crippen molar-refractivity contribution in [3.63, 3.8) is 0 Å². The van der Waals surface area contributed by atoms with E-state index in [0.29, 0.717) is 11.4 Å². The molecule has 1 N–H and O–H groups in total. The summed E-state index contributed by atoms with van der Waals surface area (Å²) in [5.41, 5.74) is 2.11. The van der Waals surface area contributed by atoms with Gasteiger partial charge in [-0.3, -0.25) is 4.79 Å². The van der Waals surface area contributed by atoms with E-state index < -0.39 is 0 Å². The predicted molar refractivity (Wildman–Crippen MR) is 79.3 cm³/mol. The van der Waals surface area contributed by atoms with Crippen LogP contribution in [0.3, 0.4) is 0 Å². The minimum absolute atomic E-state index is 0.0932. The highest BCUT2D eigenvalue weighted by molar-refractivity contribution is 5.75. The van der Waals surface area contributed by atoms with E-state index in [1.54, 1.807) is 18.2 Å². The molecule has 2 aromatic heterocycles. The van der Waals surface area contributed by atoms with E-state index in [1.165, 1.54) is 35.8 Å². The third-order valence-electron chi connectivity index (χ3n) is 3.10. The number of hydrogen-bond donors (Lipinski definition) is 1. The summed E-state index contributed by atoms with van der Waals surface area (Å²) in [5, 5.41) is 6.61. The highest BCUT2D eigenvalue weighted by atomic mass is 19.1. The van der Waals surface area contributed by atoms with Gasteiger partial charge in [-0.25, -0.2) is 24.0 Å². The van der Waals surface area contributed by atoms with Crippen molar-refractivity contribution in [2.75, 3.05) is 0 Å². The van der Waals surface area contributed by atoms with Crippen LogP contribution in [0.4, 0.5) is 4.39 Å². The lowest BCUT2D eigenvalue weighted by atomic mass is 10.1. The zero-order chi connectivity index (χ0) is 16.1. The summed E-state index contributed by atoms with van der Waals surface area (Å²) in [6, 6.07) is 7.78. The molecule has 0 aliphatic heterocycles. The number of carbonyl (C=O) groups is 1. The van der Waals surface area contributed by atoms with Gasteiger partial charge in [0.25, 0.3) is 0 Å². The molecule has 0 saturated carbocycles. The van der Waals surface area contributed by atoms with Gasteiger partial charge in [0, 0.05) is 5.56 Å². The first-order valence-corrected chi connectivity index (χ1v) is 6.87. The number of nitrogens with one attached hydrogen (secondary N) is 1. The molecule has 0 spiro atoms. The fourth-order valence-electron chi connectivity index (χ4n) is 1.98. The monoisotopic (exact) mass is 312 g/mol. The molecule has 1 aromatic carbocycles. The lowest BCUT2D eigenvalue weighted by Crippen LogP contribution is -2.27. The summed E-state index contributed by atoms with van der Waals surface area (Å²) in [7, 11) is 0. The Hall–Kier alpha value is -3.16. The Bertz CT molecular complexity index is 788. The van der Waals surface area contributed by atoms with E-state index in [4.69, 9.17) is 0 Å². The molecule has 1 amide bonds. The second-order valence-corrected chi connectivity index (χ2v) is 4.77. The molecule has 116 valence electrons. The predicted octanol–water partition coefficient (Wildman–Crippen LogP) is 1.19. The third kappa shape index (κ3) is 3.94. The largest absolute Gasteiger partial charge is 0.349 e. The first-order chi connectivity index (χ1) is 11.2. The Morgan fingerprint density at radius 1 is 1.17 bits per heavy atom. The van der Waals surface area contributed by atoms with Gasteiger partial charge in [-0.15, -0.1) is 0 Å². The highest BCUT2D eigenvalue weighted by Crippen LogP contribution is 2.17. The van der Waals surface area contributed by atoms with Crippen LogP contribution in [0.15, 0.2) is 49.3 Å². The van der Waals surface area contributed by atoms with Gasteiger partial charge in [-0.1, -0.05) is 0 Å². The van der Waals surface area contributed by atoms with Crippen LogP contribution in [0, 0.1) is 5.82 Å². The summed E-state index contributed by atoms with van der Waals surface area (Å²) < 4.78 is 14.4. The molecule has 0 saturated heterocycles. The van der Waals surface area contributed by atoms with Crippen molar-refractivity contribution in [2.24, 2.45) is 0 Å². The van der Waals surface area contributed by atoms with E-state index in [9.17, 15) is 9.18 Å². The van der Waals surface area contributed by atoms with Crippen molar-refractivity contribution < 1.29 is 9.18 Å². The average molecular weight is 312 g/mol. The molecule has 2 heterocycles. The Morgan fingerprint density at radius 3 is 2.74 bits per heavy atom. The number of amides is 1. The van der Waals surface area contributed by atoms with Crippen molar-refractivity contribution in [1.82, 2.24) is 30.0 Å². The zero-order valence-electron chi connectivity index (χ0n) is 12.1. The van der Waals surface area contributed by atoms with Gasteiger partial charge in [0.2, 0.25) is 5.91 Å². The number of halogens is 1. The van der Waals surface area contributed by atoms with Crippen LogP contribution in [-0.2, 0) is 17.9 Å². The second-order valence-electron chi connectivity index (χ2n) is 4.77. The SMILES string of the molecule is O=C(Cn1cncn1)NCc1cc(-c2ccc(F)cc2)ncn1. The Morgan fingerprint density at radius 2 is 2.00 bits per heavy atom. The average Bonchev–Trinajstić information content (AvgIpc) is 3.07. The molecule has 0 aliphatic carbocycles. The molecular weight excluding hydrogens is 299 g/mol. The summed E-state index contributed by atoms with van der Waals surface area (Å²) >= 11 is 0. The van der Waals surface area contributed by atoms with Crippen LogP contribution in [0.5, 0.6) is 0 Å². The molecule has 8 heteroatoms. The summed E-state index contributed by atoms with van der Waals surface area (Å²) in [6.07, 6.45) is 4.25. The summed E-state index contributed by atoms with van der Waals surface area (Å²) in [4.78, 5) is 23.8. The molecule has 0 atom stereocenters. The van der Waals surface area contributed by atoms with Crippen LogP contribution in [-0.4, -0.2) is 30.6 Å². The number of nitrogens with zero attached hydrogens (tertiary/aromatic N) is 5. The fraction of sp³-hybridized carbons (Fsp3) is 0.133. The van der Waals surface area contributed by atoms with Crippen LogP contribution >= 0.6 is 0 Å². The van der Waals surface area contributed by atoms with E-state index in [-0.39, 0.29) is 24.8 Å². The molecule has 0 fully saturated rings. The molecule has 0 radical (unpaired) electrons. The van der Waals surface area contributed by atoms with E-state index in [0.717, 1.165) is 5.56 Å². The number of benzene rings is 1. The molecule has 0 unspecified atom stereocenters.